The third-order valence-corrected chi connectivity index (χ3v) is 10.6. The van der Waals surface area contributed by atoms with Crippen LogP contribution in [-0.4, -0.2) is 19.5 Å². The van der Waals surface area contributed by atoms with Crippen LogP contribution >= 0.6 is 0 Å². The van der Waals surface area contributed by atoms with E-state index in [-0.39, 0.29) is 5.41 Å². The lowest BCUT2D eigenvalue weighted by Crippen LogP contribution is -2.14. The first-order valence-corrected chi connectivity index (χ1v) is 17.8. The Kier molecular flexibility index (Phi) is 6.80. The smallest absolute Gasteiger partial charge is 0.164 e. The number of fused-ring (bicyclic) bond motifs is 6. The van der Waals surface area contributed by atoms with Crippen LogP contribution in [0.15, 0.2) is 170 Å². The molecule has 0 amide bonds. The number of rotatable bonds is 5. The molecule has 246 valence electrons. The first-order valence-electron chi connectivity index (χ1n) is 17.8. The van der Waals surface area contributed by atoms with Crippen molar-refractivity contribution >= 4 is 21.8 Å². The summed E-state index contributed by atoms with van der Waals surface area (Å²) in [4.78, 5) is 15.2. The highest BCUT2D eigenvalue weighted by Gasteiger charge is 2.36. The number of hydrogen-bond acceptors (Lipinski definition) is 3. The highest BCUT2D eigenvalue weighted by molar-refractivity contribution is 6.11. The van der Waals surface area contributed by atoms with Crippen LogP contribution in [0.3, 0.4) is 0 Å². The average Bonchev–Trinajstić information content (AvgIpc) is 3.65. The van der Waals surface area contributed by atoms with Crippen molar-refractivity contribution in [3.63, 3.8) is 0 Å². The molecule has 0 fully saturated rings. The molecule has 0 atom stereocenters. The molecule has 0 N–H and O–H groups in total. The van der Waals surface area contributed by atoms with Crippen molar-refractivity contribution < 1.29 is 0 Å². The zero-order valence-electron chi connectivity index (χ0n) is 29.0. The van der Waals surface area contributed by atoms with Gasteiger partial charge in [0, 0.05) is 38.6 Å². The van der Waals surface area contributed by atoms with Crippen LogP contribution in [0.1, 0.15) is 25.0 Å². The minimum Gasteiger partial charge on any atom is -0.309 e. The first-order chi connectivity index (χ1) is 25.5. The van der Waals surface area contributed by atoms with Gasteiger partial charge in [-0.15, -0.1) is 0 Å². The summed E-state index contributed by atoms with van der Waals surface area (Å²) >= 11 is 0. The zero-order valence-corrected chi connectivity index (χ0v) is 29.0. The predicted octanol–water partition coefficient (Wildman–Crippen LogP) is 11.9. The first kappa shape index (κ1) is 30.2. The third-order valence-electron chi connectivity index (χ3n) is 10.6. The SMILES string of the molecule is CC1(C)c2ccccc2-c2cc3c(cc21)c1ccccc1n3-c1cc(-c2ccccc2)cc(-c2nc(-c3ccccc3)nc(-c3ccccc3)n2)c1. The lowest BCUT2D eigenvalue weighted by Gasteiger charge is -2.21. The Morgan fingerprint density at radius 3 is 1.60 bits per heavy atom. The fourth-order valence-electron chi connectivity index (χ4n) is 8.05. The van der Waals surface area contributed by atoms with E-state index >= 15 is 0 Å². The Morgan fingerprint density at radius 1 is 0.385 bits per heavy atom. The topological polar surface area (TPSA) is 43.6 Å². The van der Waals surface area contributed by atoms with Gasteiger partial charge in [0.15, 0.2) is 17.5 Å². The maximum Gasteiger partial charge on any atom is 0.164 e. The summed E-state index contributed by atoms with van der Waals surface area (Å²) in [6.45, 7) is 4.70. The molecule has 10 rings (SSSR count). The average molecular weight is 667 g/mol. The monoisotopic (exact) mass is 666 g/mol. The Bertz CT molecular complexity index is 2740. The van der Waals surface area contributed by atoms with Crippen molar-refractivity contribution in [1.82, 2.24) is 19.5 Å². The molecule has 0 spiro atoms. The summed E-state index contributed by atoms with van der Waals surface area (Å²) in [5.41, 5.74) is 13.7. The van der Waals surface area contributed by atoms with E-state index in [9.17, 15) is 0 Å². The molecule has 0 radical (unpaired) electrons. The largest absolute Gasteiger partial charge is 0.309 e. The summed E-state index contributed by atoms with van der Waals surface area (Å²) in [5.74, 6) is 1.92. The van der Waals surface area contributed by atoms with E-state index in [2.05, 4.69) is 152 Å². The van der Waals surface area contributed by atoms with Gasteiger partial charge in [-0.1, -0.05) is 147 Å². The molecule has 0 saturated heterocycles. The minimum atomic E-state index is -0.0880. The van der Waals surface area contributed by atoms with Gasteiger partial charge >= 0.3 is 0 Å². The predicted molar refractivity (Wildman–Crippen MR) is 213 cm³/mol. The second-order valence-electron chi connectivity index (χ2n) is 14.1. The van der Waals surface area contributed by atoms with E-state index in [1.807, 2.05) is 36.4 Å². The summed E-state index contributed by atoms with van der Waals surface area (Å²) in [6, 6.07) is 60.1. The standard InChI is InChI=1S/C48H34N4/c1-48(2)41-24-14-12-22-37(41)39-30-44-40(29-42(39)48)38-23-13-15-25-43(38)52(44)36-27-34(31-16-6-3-7-17-31)26-35(28-36)47-50-45(32-18-8-4-9-19-32)49-46(51-47)33-20-10-5-11-21-33/h3-30H,1-2H3. The lowest BCUT2D eigenvalue weighted by molar-refractivity contribution is 0.661. The molecule has 9 aromatic rings. The molecule has 52 heavy (non-hydrogen) atoms. The highest BCUT2D eigenvalue weighted by Crippen LogP contribution is 2.51. The van der Waals surface area contributed by atoms with Gasteiger partial charge in [-0.3, -0.25) is 0 Å². The van der Waals surface area contributed by atoms with Gasteiger partial charge in [-0.05, 0) is 69.8 Å². The van der Waals surface area contributed by atoms with Crippen molar-refractivity contribution in [2.24, 2.45) is 0 Å². The highest BCUT2D eigenvalue weighted by atomic mass is 15.0. The summed E-state index contributed by atoms with van der Waals surface area (Å²) < 4.78 is 2.42. The Balaban J connectivity index is 1.26. The van der Waals surface area contributed by atoms with E-state index in [4.69, 9.17) is 15.0 Å². The molecule has 1 aliphatic carbocycles. The maximum atomic E-state index is 5.14. The van der Waals surface area contributed by atoms with Crippen LogP contribution in [0.2, 0.25) is 0 Å². The molecular weight excluding hydrogens is 633 g/mol. The molecule has 0 saturated carbocycles. The Hall–Kier alpha value is -6.65. The summed E-state index contributed by atoms with van der Waals surface area (Å²) in [7, 11) is 0. The Labute approximate surface area is 302 Å². The van der Waals surface area contributed by atoms with Crippen LogP contribution in [-0.2, 0) is 5.41 Å². The van der Waals surface area contributed by atoms with Gasteiger partial charge in [0.1, 0.15) is 0 Å². The molecule has 0 aliphatic heterocycles. The molecule has 4 nitrogen and oxygen atoms in total. The quantitative estimate of drug-likeness (QED) is 0.184. The van der Waals surface area contributed by atoms with Crippen molar-refractivity contribution in [3.05, 3.63) is 181 Å². The van der Waals surface area contributed by atoms with Gasteiger partial charge in [0.25, 0.3) is 0 Å². The normalized spacial score (nSPS) is 13.0. The van der Waals surface area contributed by atoms with Gasteiger partial charge in [0.05, 0.1) is 11.0 Å². The lowest BCUT2D eigenvalue weighted by atomic mass is 9.82. The van der Waals surface area contributed by atoms with Crippen LogP contribution < -0.4 is 0 Å². The number of hydrogen-bond donors (Lipinski definition) is 0. The van der Waals surface area contributed by atoms with E-state index in [1.165, 1.54) is 38.5 Å². The fourth-order valence-corrected chi connectivity index (χ4v) is 8.05. The zero-order chi connectivity index (χ0) is 34.8. The molecule has 4 heteroatoms. The number of para-hydroxylation sites is 1. The molecule has 7 aromatic carbocycles. The van der Waals surface area contributed by atoms with Crippen LogP contribution in [0.5, 0.6) is 0 Å². The molecular formula is C48H34N4. The van der Waals surface area contributed by atoms with E-state index in [1.54, 1.807) is 0 Å². The van der Waals surface area contributed by atoms with Crippen molar-refractivity contribution in [2.75, 3.05) is 0 Å². The third kappa shape index (κ3) is 4.79. The second kappa shape index (κ2) is 11.7. The molecule has 2 aromatic heterocycles. The van der Waals surface area contributed by atoms with E-state index in [0.29, 0.717) is 17.5 Å². The van der Waals surface area contributed by atoms with Crippen molar-refractivity contribution in [1.29, 1.82) is 0 Å². The minimum absolute atomic E-state index is 0.0880. The van der Waals surface area contributed by atoms with Gasteiger partial charge in [0.2, 0.25) is 0 Å². The van der Waals surface area contributed by atoms with Crippen LogP contribution in [0.4, 0.5) is 0 Å². The fraction of sp³-hybridized carbons (Fsp3) is 0.0625. The van der Waals surface area contributed by atoms with Crippen molar-refractivity contribution in [3.8, 4) is 62.1 Å². The summed E-state index contributed by atoms with van der Waals surface area (Å²) in [6.07, 6.45) is 0. The maximum absolute atomic E-state index is 5.14. The molecule has 2 heterocycles. The summed E-state index contributed by atoms with van der Waals surface area (Å²) in [5, 5.41) is 2.48. The second-order valence-corrected chi connectivity index (χ2v) is 14.1. The molecule has 0 bridgehead atoms. The van der Waals surface area contributed by atoms with Gasteiger partial charge in [-0.2, -0.15) is 0 Å². The van der Waals surface area contributed by atoms with Crippen LogP contribution in [0.25, 0.3) is 83.9 Å². The number of nitrogens with zero attached hydrogens (tertiary/aromatic N) is 4. The van der Waals surface area contributed by atoms with E-state index in [0.717, 1.165) is 39.0 Å². The number of aromatic nitrogens is 4. The number of benzene rings is 7. The molecule has 0 unspecified atom stereocenters. The molecule has 1 aliphatic rings. The van der Waals surface area contributed by atoms with Crippen molar-refractivity contribution in [2.45, 2.75) is 19.3 Å². The van der Waals surface area contributed by atoms with Crippen LogP contribution in [0, 0.1) is 0 Å². The van der Waals surface area contributed by atoms with E-state index < -0.39 is 0 Å². The van der Waals surface area contributed by atoms with Gasteiger partial charge in [-0.25, -0.2) is 15.0 Å². The Morgan fingerprint density at radius 2 is 0.923 bits per heavy atom. The van der Waals surface area contributed by atoms with Gasteiger partial charge < -0.3 is 4.57 Å².